The molecule has 122 valence electrons. The SMILES string of the molecule is Cc1cc(Nc2ccc(C(=O)Nc3cc(Cl)ccc3C)nn2)no1. The van der Waals surface area contributed by atoms with Gasteiger partial charge in [-0.15, -0.1) is 10.2 Å². The first-order chi connectivity index (χ1) is 11.5. The van der Waals surface area contributed by atoms with Crippen LogP contribution >= 0.6 is 11.6 Å². The third kappa shape index (κ3) is 3.69. The van der Waals surface area contributed by atoms with Gasteiger partial charge in [-0.2, -0.15) is 0 Å². The highest BCUT2D eigenvalue weighted by atomic mass is 35.5. The second kappa shape index (κ2) is 6.67. The molecule has 0 saturated carbocycles. The topological polar surface area (TPSA) is 92.9 Å². The van der Waals surface area contributed by atoms with Crippen LogP contribution in [-0.4, -0.2) is 21.3 Å². The van der Waals surface area contributed by atoms with E-state index in [0.717, 1.165) is 5.56 Å². The first-order valence-electron chi connectivity index (χ1n) is 7.13. The molecule has 2 heterocycles. The number of carbonyl (C=O) groups is 1. The van der Waals surface area contributed by atoms with E-state index in [1.807, 2.05) is 13.0 Å². The van der Waals surface area contributed by atoms with Gasteiger partial charge in [-0.25, -0.2) is 0 Å². The zero-order valence-corrected chi connectivity index (χ0v) is 13.8. The number of anilines is 3. The minimum Gasteiger partial charge on any atom is -0.360 e. The van der Waals surface area contributed by atoms with E-state index in [1.54, 1.807) is 37.3 Å². The van der Waals surface area contributed by atoms with Crippen LogP contribution in [0.5, 0.6) is 0 Å². The number of nitrogens with zero attached hydrogens (tertiary/aromatic N) is 3. The number of aryl methyl sites for hydroxylation is 2. The van der Waals surface area contributed by atoms with Crippen LogP contribution in [0.4, 0.5) is 17.3 Å². The number of amides is 1. The van der Waals surface area contributed by atoms with Gasteiger partial charge in [0, 0.05) is 16.8 Å². The number of carbonyl (C=O) groups excluding carboxylic acids is 1. The highest BCUT2D eigenvalue weighted by molar-refractivity contribution is 6.31. The van der Waals surface area contributed by atoms with E-state index in [0.29, 0.717) is 28.1 Å². The van der Waals surface area contributed by atoms with Crippen molar-refractivity contribution in [2.45, 2.75) is 13.8 Å². The number of hydrogen-bond acceptors (Lipinski definition) is 6. The van der Waals surface area contributed by atoms with E-state index in [1.165, 1.54) is 0 Å². The summed E-state index contributed by atoms with van der Waals surface area (Å²) in [5.41, 5.74) is 1.73. The Hall–Kier alpha value is -2.93. The Morgan fingerprint density at radius 1 is 1.08 bits per heavy atom. The van der Waals surface area contributed by atoms with Gasteiger partial charge in [0.05, 0.1) is 0 Å². The summed E-state index contributed by atoms with van der Waals surface area (Å²) in [7, 11) is 0. The van der Waals surface area contributed by atoms with Gasteiger partial charge < -0.3 is 15.2 Å². The molecule has 2 N–H and O–H groups in total. The molecule has 0 saturated heterocycles. The number of nitrogens with one attached hydrogen (secondary N) is 2. The molecular weight excluding hydrogens is 330 g/mol. The minimum absolute atomic E-state index is 0.191. The molecular formula is C16H14ClN5O2. The lowest BCUT2D eigenvalue weighted by Crippen LogP contribution is -2.15. The van der Waals surface area contributed by atoms with Crippen molar-refractivity contribution in [3.8, 4) is 0 Å². The number of rotatable bonds is 4. The Bertz CT molecular complexity index is 876. The Kier molecular flexibility index (Phi) is 4.43. The largest absolute Gasteiger partial charge is 0.360 e. The molecule has 0 atom stereocenters. The predicted octanol–water partition coefficient (Wildman–Crippen LogP) is 3.73. The Balaban J connectivity index is 1.70. The fourth-order valence-electron chi connectivity index (χ4n) is 1.99. The molecule has 1 amide bonds. The van der Waals surface area contributed by atoms with E-state index in [-0.39, 0.29) is 11.6 Å². The zero-order chi connectivity index (χ0) is 17.1. The van der Waals surface area contributed by atoms with E-state index in [9.17, 15) is 4.79 Å². The van der Waals surface area contributed by atoms with Gasteiger partial charge in [0.25, 0.3) is 5.91 Å². The first-order valence-corrected chi connectivity index (χ1v) is 7.50. The van der Waals surface area contributed by atoms with Crippen molar-refractivity contribution in [1.29, 1.82) is 0 Å². The predicted molar refractivity (Wildman–Crippen MR) is 90.7 cm³/mol. The average molecular weight is 344 g/mol. The van der Waals surface area contributed by atoms with Crippen LogP contribution < -0.4 is 10.6 Å². The minimum atomic E-state index is -0.364. The van der Waals surface area contributed by atoms with Crippen molar-refractivity contribution in [2.75, 3.05) is 10.6 Å². The van der Waals surface area contributed by atoms with Gasteiger partial charge in [-0.1, -0.05) is 22.8 Å². The lowest BCUT2D eigenvalue weighted by Gasteiger charge is -2.08. The van der Waals surface area contributed by atoms with Crippen LogP contribution in [0, 0.1) is 13.8 Å². The van der Waals surface area contributed by atoms with Crippen LogP contribution in [0.2, 0.25) is 5.02 Å². The van der Waals surface area contributed by atoms with E-state index in [2.05, 4.69) is 26.0 Å². The Morgan fingerprint density at radius 3 is 2.58 bits per heavy atom. The second-order valence-corrected chi connectivity index (χ2v) is 5.60. The van der Waals surface area contributed by atoms with Gasteiger partial charge in [-0.05, 0) is 43.7 Å². The molecule has 0 aliphatic carbocycles. The van der Waals surface area contributed by atoms with Crippen LogP contribution in [-0.2, 0) is 0 Å². The van der Waals surface area contributed by atoms with E-state index >= 15 is 0 Å². The van der Waals surface area contributed by atoms with Crippen molar-refractivity contribution in [3.63, 3.8) is 0 Å². The molecule has 2 aromatic heterocycles. The summed E-state index contributed by atoms with van der Waals surface area (Å²) in [6.45, 7) is 3.67. The van der Waals surface area contributed by atoms with Gasteiger partial charge in [0.15, 0.2) is 17.3 Å². The Labute approximate surface area is 143 Å². The fraction of sp³-hybridized carbons (Fsp3) is 0.125. The number of halogens is 1. The number of hydrogen-bond donors (Lipinski definition) is 2. The highest BCUT2D eigenvalue weighted by Crippen LogP contribution is 2.21. The Morgan fingerprint density at radius 2 is 1.92 bits per heavy atom. The van der Waals surface area contributed by atoms with Crippen molar-refractivity contribution >= 4 is 34.8 Å². The molecule has 3 aromatic rings. The summed E-state index contributed by atoms with van der Waals surface area (Å²) < 4.78 is 4.95. The molecule has 3 rings (SSSR count). The standard InChI is InChI=1S/C16H14ClN5O2/c1-9-3-4-11(17)8-13(9)18-16(23)12-5-6-14(21-20-12)19-15-7-10(2)24-22-15/h3-8H,1-2H3,(H,18,23)(H,19,21,22). The lowest BCUT2D eigenvalue weighted by atomic mass is 10.2. The molecule has 0 radical (unpaired) electrons. The van der Waals surface area contributed by atoms with E-state index < -0.39 is 0 Å². The summed E-state index contributed by atoms with van der Waals surface area (Å²) in [5.74, 6) is 1.29. The molecule has 24 heavy (non-hydrogen) atoms. The third-order valence-corrected chi connectivity index (χ3v) is 3.46. The smallest absolute Gasteiger partial charge is 0.276 e. The maximum Gasteiger partial charge on any atom is 0.276 e. The van der Waals surface area contributed by atoms with Crippen molar-refractivity contribution < 1.29 is 9.32 Å². The number of benzene rings is 1. The summed E-state index contributed by atoms with van der Waals surface area (Å²) in [6.07, 6.45) is 0. The molecule has 0 aliphatic heterocycles. The van der Waals surface area contributed by atoms with Crippen molar-refractivity contribution in [3.05, 3.63) is 58.4 Å². The molecule has 8 heteroatoms. The second-order valence-electron chi connectivity index (χ2n) is 5.16. The van der Waals surface area contributed by atoms with Crippen molar-refractivity contribution in [1.82, 2.24) is 15.4 Å². The molecule has 1 aromatic carbocycles. The molecule has 0 spiro atoms. The molecule has 0 unspecified atom stereocenters. The monoisotopic (exact) mass is 343 g/mol. The maximum atomic E-state index is 12.2. The van der Waals surface area contributed by atoms with Crippen LogP contribution in [0.15, 0.2) is 40.9 Å². The molecule has 0 bridgehead atoms. The normalized spacial score (nSPS) is 10.5. The zero-order valence-electron chi connectivity index (χ0n) is 13.0. The van der Waals surface area contributed by atoms with Crippen LogP contribution in [0.1, 0.15) is 21.8 Å². The van der Waals surface area contributed by atoms with Crippen molar-refractivity contribution in [2.24, 2.45) is 0 Å². The number of aromatic nitrogens is 3. The maximum absolute atomic E-state index is 12.2. The highest BCUT2D eigenvalue weighted by Gasteiger charge is 2.11. The molecule has 0 aliphatic rings. The lowest BCUT2D eigenvalue weighted by molar-refractivity contribution is 0.102. The van der Waals surface area contributed by atoms with Crippen LogP contribution in [0.25, 0.3) is 0 Å². The summed E-state index contributed by atoms with van der Waals surface area (Å²) in [4.78, 5) is 12.2. The quantitative estimate of drug-likeness (QED) is 0.749. The summed E-state index contributed by atoms with van der Waals surface area (Å²) in [6, 6.07) is 10.2. The fourth-order valence-corrected chi connectivity index (χ4v) is 2.16. The van der Waals surface area contributed by atoms with Gasteiger partial charge >= 0.3 is 0 Å². The van der Waals surface area contributed by atoms with Gasteiger partial charge in [-0.3, -0.25) is 4.79 Å². The van der Waals surface area contributed by atoms with Gasteiger partial charge in [0.1, 0.15) is 5.76 Å². The van der Waals surface area contributed by atoms with Gasteiger partial charge in [0.2, 0.25) is 0 Å². The molecule has 7 nitrogen and oxygen atoms in total. The van der Waals surface area contributed by atoms with E-state index in [4.69, 9.17) is 16.1 Å². The van der Waals surface area contributed by atoms with Crippen LogP contribution in [0.3, 0.4) is 0 Å². The molecule has 0 fully saturated rings. The summed E-state index contributed by atoms with van der Waals surface area (Å²) >= 11 is 5.94. The third-order valence-electron chi connectivity index (χ3n) is 3.23. The first kappa shape index (κ1) is 15.9. The average Bonchev–Trinajstić information content (AvgIpc) is 2.96. The summed E-state index contributed by atoms with van der Waals surface area (Å²) in [5, 5.41) is 17.9.